The van der Waals surface area contributed by atoms with Gasteiger partial charge in [0.05, 0.1) is 5.69 Å². The van der Waals surface area contributed by atoms with Crippen molar-refractivity contribution in [1.82, 2.24) is 0 Å². The van der Waals surface area contributed by atoms with E-state index in [1.807, 2.05) is 49.4 Å². The minimum Gasteiger partial charge on any atom is -0.324 e. The molecule has 0 spiro atoms. The Morgan fingerprint density at radius 2 is 1.74 bits per heavy atom. The SMILES string of the molecule is CCc1ccccc1N(CC(=O)Nc1ccccc1Br)C(C)=O. The number of anilines is 2. The Morgan fingerprint density at radius 1 is 1.09 bits per heavy atom. The van der Waals surface area contributed by atoms with Crippen LogP contribution in [0.15, 0.2) is 53.0 Å². The van der Waals surface area contributed by atoms with Crippen LogP contribution in [0.25, 0.3) is 0 Å². The summed E-state index contributed by atoms with van der Waals surface area (Å²) < 4.78 is 0.802. The van der Waals surface area contributed by atoms with E-state index in [1.54, 1.807) is 6.07 Å². The minimum atomic E-state index is -0.238. The van der Waals surface area contributed by atoms with E-state index in [0.29, 0.717) is 5.69 Å². The Balaban J connectivity index is 2.18. The molecule has 0 aromatic heterocycles. The number of carbonyl (C=O) groups excluding carboxylic acids is 2. The second-order valence-corrected chi connectivity index (χ2v) is 5.97. The molecule has 0 radical (unpaired) electrons. The van der Waals surface area contributed by atoms with Crippen LogP contribution in [0.2, 0.25) is 0 Å². The molecule has 0 aliphatic heterocycles. The van der Waals surface area contributed by atoms with E-state index in [-0.39, 0.29) is 18.4 Å². The van der Waals surface area contributed by atoms with Crippen LogP contribution in [-0.2, 0) is 16.0 Å². The first kappa shape index (κ1) is 17.2. The largest absolute Gasteiger partial charge is 0.324 e. The third-order valence-corrected chi connectivity index (χ3v) is 4.18. The molecule has 0 unspecified atom stereocenters. The van der Waals surface area contributed by atoms with Crippen molar-refractivity contribution in [2.45, 2.75) is 20.3 Å². The van der Waals surface area contributed by atoms with Gasteiger partial charge < -0.3 is 10.2 Å². The molecule has 2 aromatic carbocycles. The van der Waals surface area contributed by atoms with Crippen LogP contribution in [0, 0.1) is 0 Å². The quantitative estimate of drug-likeness (QED) is 0.859. The van der Waals surface area contributed by atoms with Crippen molar-refractivity contribution in [3.05, 3.63) is 58.6 Å². The molecule has 0 fully saturated rings. The lowest BCUT2D eigenvalue weighted by Crippen LogP contribution is -2.37. The lowest BCUT2D eigenvalue weighted by atomic mass is 10.1. The van der Waals surface area contributed by atoms with Crippen LogP contribution < -0.4 is 10.2 Å². The Morgan fingerprint density at radius 3 is 2.39 bits per heavy atom. The first-order valence-corrected chi connectivity index (χ1v) is 8.22. The van der Waals surface area contributed by atoms with Crippen LogP contribution in [0.5, 0.6) is 0 Å². The second-order valence-electron chi connectivity index (χ2n) is 5.12. The van der Waals surface area contributed by atoms with E-state index < -0.39 is 0 Å². The molecule has 120 valence electrons. The average Bonchev–Trinajstić information content (AvgIpc) is 2.54. The van der Waals surface area contributed by atoms with Gasteiger partial charge in [-0.1, -0.05) is 37.3 Å². The summed E-state index contributed by atoms with van der Waals surface area (Å²) in [5.41, 5.74) is 2.51. The van der Waals surface area contributed by atoms with Crippen LogP contribution in [0.4, 0.5) is 11.4 Å². The molecule has 5 heteroatoms. The number of nitrogens with one attached hydrogen (secondary N) is 1. The van der Waals surface area contributed by atoms with Gasteiger partial charge in [-0.25, -0.2) is 0 Å². The van der Waals surface area contributed by atoms with Gasteiger partial charge in [0.15, 0.2) is 0 Å². The van der Waals surface area contributed by atoms with Gasteiger partial charge in [0.25, 0.3) is 0 Å². The van der Waals surface area contributed by atoms with E-state index in [1.165, 1.54) is 11.8 Å². The molecule has 0 aliphatic carbocycles. The van der Waals surface area contributed by atoms with Gasteiger partial charge in [-0.2, -0.15) is 0 Å². The third kappa shape index (κ3) is 4.42. The third-order valence-electron chi connectivity index (χ3n) is 3.49. The fourth-order valence-electron chi connectivity index (χ4n) is 2.34. The molecule has 2 aromatic rings. The molecule has 0 saturated heterocycles. The number of hydrogen-bond donors (Lipinski definition) is 1. The van der Waals surface area contributed by atoms with Crippen LogP contribution in [0.1, 0.15) is 19.4 Å². The van der Waals surface area contributed by atoms with Crippen LogP contribution in [-0.4, -0.2) is 18.4 Å². The summed E-state index contributed by atoms with van der Waals surface area (Å²) in [6.07, 6.45) is 0.797. The molecular formula is C18H19BrN2O2. The number of hydrogen-bond acceptors (Lipinski definition) is 2. The fraction of sp³-hybridized carbons (Fsp3) is 0.222. The standard InChI is InChI=1S/C18H19BrN2O2/c1-3-14-8-4-7-11-17(14)21(13(2)22)12-18(23)20-16-10-6-5-9-15(16)19/h4-11H,3,12H2,1-2H3,(H,20,23). The summed E-state index contributed by atoms with van der Waals surface area (Å²) in [6.45, 7) is 3.48. The predicted molar refractivity (Wildman–Crippen MR) is 96.6 cm³/mol. The maximum Gasteiger partial charge on any atom is 0.244 e. The lowest BCUT2D eigenvalue weighted by Gasteiger charge is -2.23. The van der Waals surface area contributed by atoms with Crippen molar-refractivity contribution in [3.63, 3.8) is 0 Å². The van der Waals surface area contributed by atoms with Crippen molar-refractivity contribution in [1.29, 1.82) is 0 Å². The van der Waals surface area contributed by atoms with E-state index in [0.717, 1.165) is 22.1 Å². The van der Waals surface area contributed by atoms with Crippen molar-refractivity contribution in [2.24, 2.45) is 0 Å². The van der Waals surface area contributed by atoms with Gasteiger partial charge in [0.1, 0.15) is 6.54 Å². The van der Waals surface area contributed by atoms with Crippen molar-refractivity contribution in [3.8, 4) is 0 Å². The van der Waals surface area contributed by atoms with E-state index in [9.17, 15) is 9.59 Å². The number of aryl methyl sites for hydroxylation is 1. The molecule has 0 saturated carbocycles. The Kier molecular flexibility index (Phi) is 5.93. The van der Waals surface area contributed by atoms with Gasteiger partial charge in [-0.05, 0) is 46.1 Å². The zero-order chi connectivity index (χ0) is 16.8. The molecule has 0 aliphatic rings. The van der Waals surface area contributed by atoms with Gasteiger partial charge in [-0.3, -0.25) is 9.59 Å². The smallest absolute Gasteiger partial charge is 0.244 e. The summed E-state index contributed by atoms with van der Waals surface area (Å²) in [5, 5.41) is 2.82. The number of halogens is 1. The Hall–Kier alpha value is -2.14. The van der Waals surface area contributed by atoms with Crippen molar-refractivity contribution < 1.29 is 9.59 Å². The second kappa shape index (κ2) is 7.92. The van der Waals surface area contributed by atoms with Gasteiger partial charge in [0, 0.05) is 17.1 Å². The highest BCUT2D eigenvalue weighted by Gasteiger charge is 2.18. The molecule has 0 bridgehead atoms. The first-order valence-electron chi connectivity index (χ1n) is 7.43. The topological polar surface area (TPSA) is 49.4 Å². The summed E-state index contributed by atoms with van der Waals surface area (Å²) in [4.78, 5) is 25.8. The first-order chi connectivity index (χ1) is 11.0. The molecule has 0 atom stereocenters. The normalized spacial score (nSPS) is 10.2. The number of nitrogens with zero attached hydrogens (tertiary/aromatic N) is 1. The maximum absolute atomic E-state index is 12.3. The molecular weight excluding hydrogens is 356 g/mol. The average molecular weight is 375 g/mol. The van der Waals surface area contributed by atoms with Gasteiger partial charge >= 0.3 is 0 Å². The fourth-order valence-corrected chi connectivity index (χ4v) is 2.72. The van der Waals surface area contributed by atoms with E-state index >= 15 is 0 Å². The molecule has 1 N–H and O–H groups in total. The molecule has 4 nitrogen and oxygen atoms in total. The van der Waals surface area contributed by atoms with E-state index in [2.05, 4.69) is 21.2 Å². The highest BCUT2D eigenvalue weighted by molar-refractivity contribution is 9.10. The molecule has 23 heavy (non-hydrogen) atoms. The number of para-hydroxylation sites is 2. The van der Waals surface area contributed by atoms with E-state index in [4.69, 9.17) is 0 Å². The van der Waals surface area contributed by atoms with Crippen LogP contribution in [0.3, 0.4) is 0 Å². The summed E-state index contributed by atoms with van der Waals surface area (Å²) >= 11 is 3.39. The van der Waals surface area contributed by atoms with Crippen molar-refractivity contribution in [2.75, 3.05) is 16.8 Å². The Bertz CT molecular complexity index is 716. The predicted octanol–water partition coefficient (Wildman–Crippen LogP) is 4.00. The monoisotopic (exact) mass is 374 g/mol. The van der Waals surface area contributed by atoms with Crippen LogP contribution >= 0.6 is 15.9 Å². The highest BCUT2D eigenvalue weighted by Crippen LogP contribution is 2.23. The zero-order valence-corrected chi connectivity index (χ0v) is 14.8. The Labute approximate surface area is 144 Å². The minimum absolute atomic E-state index is 0.0202. The molecule has 0 heterocycles. The number of amides is 2. The van der Waals surface area contributed by atoms with Crippen molar-refractivity contribution >= 4 is 39.1 Å². The van der Waals surface area contributed by atoms with Gasteiger partial charge in [-0.15, -0.1) is 0 Å². The zero-order valence-electron chi connectivity index (χ0n) is 13.2. The number of rotatable bonds is 5. The molecule has 2 amide bonds. The molecule has 2 rings (SSSR count). The summed E-state index contributed by atoms with van der Waals surface area (Å²) in [5.74, 6) is -0.397. The number of carbonyl (C=O) groups is 2. The number of benzene rings is 2. The summed E-state index contributed by atoms with van der Waals surface area (Å²) in [6, 6.07) is 15.0. The summed E-state index contributed by atoms with van der Waals surface area (Å²) in [7, 11) is 0. The van der Waals surface area contributed by atoms with Gasteiger partial charge in [0.2, 0.25) is 11.8 Å². The highest BCUT2D eigenvalue weighted by atomic mass is 79.9. The lowest BCUT2D eigenvalue weighted by molar-refractivity contribution is -0.120. The maximum atomic E-state index is 12.3.